The van der Waals surface area contributed by atoms with E-state index in [0.717, 1.165) is 6.42 Å². The van der Waals surface area contributed by atoms with E-state index in [0.29, 0.717) is 68.6 Å². The number of pyridine rings is 2. The molecule has 6 rings (SSSR count). The molecule has 3 N–H and O–H groups in total. The summed E-state index contributed by atoms with van der Waals surface area (Å²) in [5.41, 5.74) is 1.59. The standard InChI is InChI=1S/C37H41N7O6/c1-23(32(45)28-12-3-13-29(28)34(47)42-27-11-5-17-39-22-27)40-33(46)24-8-2-10-26(20-24)41-35(48)30-14-6-18-43(30)37(50)31-15-7-19-44(31)36(49)25-9-4-16-38-21-25/h2,4-5,8-11,16-17,20-23,28-31H,3,6-7,12-15,18-19H2,1H3,(H,40,46)(H,41,48)(H,42,47)/t23-,28?,29+,30-,31-/m0/s1. The molecule has 3 aliphatic rings. The van der Waals surface area contributed by atoms with E-state index in [2.05, 4.69) is 25.9 Å². The van der Waals surface area contributed by atoms with Gasteiger partial charge in [-0.2, -0.15) is 0 Å². The Morgan fingerprint density at radius 2 is 1.36 bits per heavy atom. The highest BCUT2D eigenvalue weighted by atomic mass is 16.2. The van der Waals surface area contributed by atoms with Crippen molar-refractivity contribution in [1.29, 1.82) is 0 Å². The molecule has 50 heavy (non-hydrogen) atoms. The minimum absolute atomic E-state index is 0.208. The molecule has 1 unspecified atom stereocenters. The molecule has 13 heteroatoms. The summed E-state index contributed by atoms with van der Waals surface area (Å²) in [6, 6.07) is 11.0. The van der Waals surface area contributed by atoms with Crippen LogP contribution in [0.3, 0.4) is 0 Å². The van der Waals surface area contributed by atoms with Crippen LogP contribution < -0.4 is 16.0 Å². The van der Waals surface area contributed by atoms with Gasteiger partial charge in [-0.15, -0.1) is 0 Å². The minimum Gasteiger partial charge on any atom is -0.343 e. The molecule has 13 nitrogen and oxygen atoms in total. The van der Waals surface area contributed by atoms with E-state index < -0.39 is 35.9 Å². The highest BCUT2D eigenvalue weighted by Gasteiger charge is 2.43. The van der Waals surface area contributed by atoms with Gasteiger partial charge in [-0.25, -0.2) is 0 Å². The maximum Gasteiger partial charge on any atom is 0.256 e. The third kappa shape index (κ3) is 7.56. The lowest BCUT2D eigenvalue weighted by atomic mass is 9.88. The fourth-order valence-corrected chi connectivity index (χ4v) is 7.34. The molecule has 2 aliphatic heterocycles. The van der Waals surface area contributed by atoms with Crippen molar-refractivity contribution in [3.63, 3.8) is 0 Å². The van der Waals surface area contributed by atoms with Crippen LogP contribution in [-0.2, 0) is 19.2 Å². The summed E-state index contributed by atoms with van der Waals surface area (Å²) in [7, 11) is 0. The zero-order valence-electron chi connectivity index (χ0n) is 27.9. The first-order valence-corrected chi connectivity index (χ1v) is 17.2. The molecule has 1 saturated carbocycles. The third-order valence-corrected chi connectivity index (χ3v) is 9.86. The summed E-state index contributed by atoms with van der Waals surface area (Å²) in [5.74, 6) is -2.84. The molecule has 3 aromatic rings. The van der Waals surface area contributed by atoms with Crippen molar-refractivity contribution in [3.8, 4) is 0 Å². The number of aromatic nitrogens is 2. The smallest absolute Gasteiger partial charge is 0.256 e. The number of rotatable bonds is 10. The minimum atomic E-state index is -0.837. The number of anilines is 2. The Morgan fingerprint density at radius 3 is 2.10 bits per heavy atom. The van der Waals surface area contributed by atoms with Crippen molar-refractivity contribution in [2.45, 2.75) is 70.0 Å². The summed E-state index contributed by atoms with van der Waals surface area (Å²) in [5, 5.41) is 8.46. The van der Waals surface area contributed by atoms with Crippen molar-refractivity contribution in [2.24, 2.45) is 11.8 Å². The number of amides is 5. The topological polar surface area (TPSA) is 171 Å². The molecule has 4 heterocycles. The number of hydrogen-bond acceptors (Lipinski definition) is 8. The maximum atomic E-state index is 13.7. The molecular formula is C37H41N7O6. The number of likely N-dealkylation sites (tertiary alicyclic amines) is 2. The van der Waals surface area contributed by atoms with Crippen molar-refractivity contribution >= 4 is 46.7 Å². The van der Waals surface area contributed by atoms with Gasteiger partial charge in [0, 0.05) is 54.8 Å². The van der Waals surface area contributed by atoms with E-state index in [9.17, 15) is 28.8 Å². The molecule has 3 fully saturated rings. The fourth-order valence-electron chi connectivity index (χ4n) is 7.34. The number of carbonyl (C=O) groups is 6. The molecule has 2 aromatic heterocycles. The number of Topliss-reactive ketones (excluding diaryl/α,β-unsaturated/α-hetero) is 1. The quantitative estimate of drug-likeness (QED) is 0.293. The molecule has 0 spiro atoms. The van der Waals surface area contributed by atoms with E-state index in [-0.39, 0.29) is 35.0 Å². The normalized spacial score (nSPS) is 22.1. The SMILES string of the molecule is C[C@H](NC(=O)c1cccc(NC(=O)[C@@H]2CCCN2C(=O)[C@@H]2CCCN2C(=O)c2cccnc2)c1)C(=O)C1CCC[C@H]1C(=O)Nc1cccnc1. The van der Waals surface area contributed by atoms with Gasteiger partial charge >= 0.3 is 0 Å². The van der Waals surface area contributed by atoms with Gasteiger partial charge in [-0.1, -0.05) is 12.5 Å². The molecule has 1 aliphatic carbocycles. The monoisotopic (exact) mass is 679 g/mol. The van der Waals surface area contributed by atoms with Crippen LogP contribution in [0.5, 0.6) is 0 Å². The van der Waals surface area contributed by atoms with Crippen LogP contribution in [0.25, 0.3) is 0 Å². The van der Waals surface area contributed by atoms with Gasteiger partial charge in [0.2, 0.25) is 17.7 Å². The van der Waals surface area contributed by atoms with Crippen LogP contribution in [0, 0.1) is 11.8 Å². The van der Waals surface area contributed by atoms with Gasteiger partial charge in [0.25, 0.3) is 11.8 Å². The van der Waals surface area contributed by atoms with E-state index in [4.69, 9.17) is 0 Å². The molecule has 0 bridgehead atoms. The van der Waals surface area contributed by atoms with E-state index >= 15 is 0 Å². The second-order valence-corrected chi connectivity index (χ2v) is 13.1. The Morgan fingerprint density at radius 1 is 0.700 bits per heavy atom. The first-order valence-electron chi connectivity index (χ1n) is 17.2. The van der Waals surface area contributed by atoms with Crippen molar-refractivity contribution in [3.05, 3.63) is 84.4 Å². The Balaban J connectivity index is 1.05. The highest BCUT2D eigenvalue weighted by Crippen LogP contribution is 2.34. The summed E-state index contributed by atoms with van der Waals surface area (Å²) in [6.07, 6.45) is 10.4. The van der Waals surface area contributed by atoms with Gasteiger partial charge in [0.05, 0.1) is 23.5 Å². The molecular weight excluding hydrogens is 638 g/mol. The predicted molar refractivity (Wildman–Crippen MR) is 184 cm³/mol. The lowest BCUT2D eigenvalue weighted by Crippen LogP contribution is -2.51. The molecule has 260 valence electrons. The highest BCUT2D eigenvalue weighted by molar-refractivity contribution is 6.03. The van der Waals surface area contributed by atoms with Crippen molar-refractivity contribution < 1.29 is 28.8 Å². The average Bonchev–Trinajstić information content (AvgIpc) is 3.93. The predicted octanol–water partition coefficient (Wildman–Crippen LogP) is 3.45. The Kier molecular flexibility index (Phi) is 10.6. The lowest BCUT2D eigenvalue weighted by molar-refractivity contribution is -0.139. The van der Waals surface area contributed by atoms with Crippen LogP contribution in [0.4, 0.5) is 11.4 Å². The van der Waals surface area contributed by atoms with Crippen LogP contribution in [0.1, 0.15) is 72.6 Å². The number of benzene rings is 1. The number of nitrogens with one attached hydrogen (secondary N) is 3. The maximum absolute atomic E-state index is 13.7. The average molecular weight is 680 g/mol. The zero-order chi connectivity index (χ0) is 35.2. The molecule has 5 amide bonds. The van der Waals surface area contributed by atoms with Gasteiger partial charge in [0.15, 0.2) is 5.78 Å². The van der Waals surface area contributed by atoms with Gasteiger partial charge in [0.1, 0.15) is 12.1 Å². The van der Waals surface area contributed by atoms with E-state index in [1.807, 2.05) is 0 Å². The van der Waals surface area contributed by atoms with Gasteiger partial charge in [-0.3, -0.25) is 38.7 Å². The van der Waals surface area contributed by atoms with Crippen molar-refractivity contribution in [1.82, 2.24) is 25.1 Å². The Labute approximate surface area is 290 Å². The Bertz CT molecular complexity index is 1750. The number of nitrogens with zero attached hydrogens (tertiary/aromatic N) is 4. The Hall–Kier alpha value is -5.46. The van der Waals surface area contributed by atoms with Crippen LogP contribution in [0.2, 0.25) is 0 Å². The van der Waals surface area contributed by atoms with E-state index in [1.54, 1.807) is 77.8 Å². The fraction of sp³-hybridized carbons (Fsp3) is 0.405. The second-order valence-electron chi connectivity index (χ2n) is 13.1. The lowest BCUT2D eigenvalue weighted by Gasteiger charge is -2.31. The molecule has 1 aromatic carbocycles. The van der Waals surface area contributed by atoms with Gasteiger partial charge < -0.3 is 25.8 Å². The number of ketones is 1. The number of hydrogen-bond donors (Lipinski definition) is 3. The van der Waals surface area contributed by atoms with Crippen molar-refractivity contribution in [2.75, 3.05) is 23.7 Å². The first-order chi connectivity index (χ1) is 24.2. The summed E-state index contributed by atoms with van der Waals surface area (Å²) >= 11 is 0. The molecule has 0 radical (unpaired) electrons. The van der Waals surface area contributed by atoms with Crippen LogP contribution in [-0.4, -0.2) is 86.3 Å². The van der Waals surface area contributed by atoms with Crippen LogP contribution in [0.15, 0.2) is 73.3 Å². The third-order valence-electron chi connectivity index (χ3n) is 9.86. The molecule has 5 atom stereocenters. The largest absolute Gasteiger partial charge is 0.343 e. The molecule has 2 saturated heterocycles. The summed E-state index contributed by atoms with van der Waals surface area (Å²) < 4.78 is 0. The zero-order valence-corrected chi connectivity index (χ0v) is 27.9. The first kappa shape index (κ1) is 34.4. The van der Waals surface area contributed by atoms with Gasteiger partial charge in [-0.05, 0) is 87.9 Å². The second kappa shape index (κ2) is 15.4. The summed E-state index contributed by atoms with van der Waals surface area (Å²) in [6.45, 7) is 2.47. The summed E-state index contributed by atoms with van der Waals surface area (Å²) in [4.78, 5) is 91.2. The van der Waals surface area contributed by atoms with E-state index in [1.165, 1.54) is 12.3 Å². The number of carbonyl (C=O) groups excluding carboxylic acids is 6. The van der Waals surface area contributed by atoms with Crippen LogP contribution >= 0.6 is 0 Å².